The molecule has 0 spiro atoms. The number of unbranched alkanes of at least 4 members (excludes halogenated alkanes) is 1. The number of carbonyl (C=O) groups excluding carboxylic acids is 2. The van der Waals surface area contributed by atoms with Gasteiger partial charge in [-0.2, -0.15) is 5.26 Å². The Morgan fingerprint density at radius 3 is 2.67 bits per heavy atom. The van der Waals surface area contributed by atoms with E-state index in [1.165, 1.54) is 0 Å². The van der Waals surface area contributed by atoms with Gasteiger partial charge in [-0.3, -0.25) is 9.59 Å². The first-order chi connectivity index (χ1) is 11.6. The predicted octanol–water partition coefficient (Wildman–Crippen LogP) is 3.59. The molecule has 0 aromatic heterocycles. The number of cyclic esters (lactones) is 1. The summed E-state index contributed by atoms with van der Waals surface area (Å²) in [6.45, 7) is 3.96. The third-order valence-corrected chi connectivity index (χ3v) is 4.08. The van der Waals surface area contributed by atoms with Crippen molar-refractivity contribution in [2.24, 2.45) is 5.41 Å². The molecule has 1 aromatic carbocycles. The van der Waals surface area contributed by atoms with E-state index < -0.39 is 17.4 Å². The Morgan fingerprint density at radius 1 is 1.38 bits per heavy atom. The molecule has 0 radical (unpaired) electrons. The lowest BCUT2D eigenvalue weighted by molar-refractivity contribution is -0.164. The van der Waals surface area contributed by atoms with Crippen LogP contribution in [0.2, 0.25) is 0 Å². The van der Waals surface area contributed by atoms with Gasteiger partial charge < -0.3 is 9.47 Å². The van der Waals surface area contributed by atoms with Crippen LogP contribution in [-0.2, 0) is 19.1 Å². The summed E-state index contributed by atoms with van der Waals surface area (Å²) in [4.78, 5) is 24.8. The highest BCUT2D eigenvalue weighted by Crippen LogP contribution is 2.42. The van der Waals surface area contributed by atoms with Gasteiger partial charge in [0.15, 0.2) is 5.41 Å². The summed E-state index contributed by atoms with van der Waals surface area (Å²) in [6.07, 6.45) is 3.99. The molecule has 1 aliphatic rings. The van der Waals surface area contributed by atoms with Gasteiger partial charge in [-0.25, -0.2) is 0 Å². The second-order valence-corrected chi connectivity index (χ2v) is 5.82. The number of nitrogens with zero attached hydrogens (tertiary/aromatic N) is 1. The maximum atomic E-state index is 12.4. The molecule has 0 aliphatic carbocycles. The molecule has 5 nitrogen and oxygen atoms in total. The van der Waals surface area contributed by atoms with Crippen molar-refractivity contribution >= 4 is 18.0 Å². The van der Waals surface area contributed by atoms with Crippen molar-refractivity contribution in [3.8, 4) is 6.07 Å². The molecule has 0 amide bonds. The van der Waals surface area contributed by atoms with Crippen molar-refractivity contribution in [2.45, 2.75) is 39.5 Å². The summed E-state index contributed by atoms with van der Waals surface area (Å²) in [5.41, 5.74) is 0.140. The average Bonchev–Trinajstić information content (AvgIpc) is 2.90. The highest BCUT2D eigenvalue weighted by Gasteiger charge is 2.54. The molecule has 24 heavy (non-hydrogen) atoms. The largest absolute Gasteiger partial charge is 0.465 e. The number of hydrogen-bond donors (Lipinski definition) is 0. The Balaban J connectivity index is 2.26. The second kappa shape index (κ2) is 7.78. The zero-order chi connectivity index (χ0) is 17.6. The molecular formula is C19H21NO4. The Kier molecular flexibility index (Phi) is 5.75. The van der Waals surface area contributed by atoms with Crippen LogP contribution in [0.15, 0.2) is 30.0 Å². The van der Waals surface area contributed by atoms with Gasteiger partial charge >= 0.3 is 11.9 Å². The Labute approximate surface area is 141 Å². The maximum Gasteiger partial charge on any atom is 0.329 e. The monoisotopic (exact) mass is 327 g/mol. The van der Waals surface area contributed by atoms with Crippen LogP contribution in [-0.4, -0.2) is 18.5 Å². The molecular weight excluding hydrogens is 306 g/mol. The van der Waals surface area contributed by atoms with Gasteiger partial charge in [0.2, 0.25) is 0 Å². The topological polar surface area (TPSA) is 76.4 Å². The lowest BCUT2D eigenvalue weighted by Gasteiger charge is -2.21. The Hall–Kier alpha value is -2.61. The number of hydrogen-bond acceptors (Lipinski definition) is 5. The molecule has 1 aliphatic heterocycles. The van der Waals surface area contributed by atoms with Gasteiger partial charge in [0.1, 0.15) is 5.76 Å². The summed E-state index contributed by atoms with van der Waals surface area (Å²) in [5, 5.41) is 8.82. The zero-order valence-electron chi connectivity index (χ0n) is 14.0. The van der Waals surface area contributed by atoms with Crippen LogP contribution >= 0.6 is 0 Å². The number of benzene rings is 1. The third-order valence-electron chi connectivity index (χ3n) is 4.08. The first-order valence-electron chi connectivity index (χ1n) is 8.16. The van der Waals surface area contributed by atoms with Gasteiger partial charge in [0.25, 0.3) is 0 Å². The molecule has 1 fully saturated rings. The number of allylic oxidation sites excluding steroid dienone is 1. The van der Waals surface area contributed by atoms with E-state index in [1.807, 2.05) is 6.92 Å². The minimum atomic E-state index is -1.23. The molecule has 0 bridgehead atoms. The average molecular weight is 327 g/mol. The quantitative estimate of drug-likeness (QED) is 0.589. The summed E-state index contributed by atoms with van der Waals surface area (Å²) in [7, 11) is 0. The Bertz CT molecular complexity index is 684. The molecule has 1 atom stereocenters. The number of carbonyl (C=O) groups is 2. The van der Waals surface area contributed by atoms with E-state index in [0.29, 0.717) is 17.7 Å². The van der Waals surface area contributed by atoms with E-state index in [9.17, 15) is 9.59 Å². The highest BCUT2D eigenvalue weighted by atomic mass is 16.6. The van der Waals surface area contributed by atoms with Crippen molar-refractivity contribution in [1.82, 2.24) is 0 Å². The zero-order valence-corrected chi connectivity index (χ0v) is 14.0. The van der Waals surface area contributed by atoms with Crippen LogP contribution in [0.1, 0.15) is 50.7 Å². The smallest absolute Gasteiger partial charge is 0.329 e. The van der Waals surface area contributed by atoms with E-state index >= 15 is 0 Å². The van der Waals surface area contributed by atoms with E-state index in [-0.39, 0.29) is 13.0 Å². The minimum Gasteiger partial charge on any atom is -0.465 e. The molecule has 1 saturated heterocycles. The number of rotatable bonds is 6. The van der Waals surface area contributed by atoms with Gasteiger partial charge in [-0.1, -0.05) is 31.9 Å². The lowest BCUT2D eigenvalue weighted by Crippen LogP contribution is -2.37. The van der Waals surface area contributed by atoms with Crippen molar-refractivity contribution in [3.05, 3.63) is 41.2 Å². The van der Waals surface area contributed by atoms with E-state index in [4.69, 9.17) is 14.7 Å². The van der Waals surface area contributed by atoms with E-state index in [0.717, 1.165) is 18.4 Å². The molecule has 5 heteroatoms. The number of nitriles is 1. The molecule has 1 aromatic rings. The van der Waals surface area contributed by atoms with Crippen molar-refractivity contribution in [2.75, 3.05) is 6.61 Å². The fourth-order valence-corrected chi connectivity index (χ4v) is 2.74. The second-order valence-electron chi connectivity index (χ2n) is 5.82. The van der Waals surface area contributed by atoms with Crippen molar-refractivity contribution in [1.29, 1.82) is 5.26 Å². The summed E-state index contributed by atoms with van der Waals surface area (Å²) in [6, 6.07) is 8.99. The van der Waals surface area contributed by atoms with Gasteiger partial charge in [-0.05, 0) is 37.1 Å². The SMILES string of the molecule is CCCCC1(C(=O)OCC)C/C(=C/c2ccc(C#N)cc2)OC1=O. The molecule has 126 valence electrons. The van der Waals surface area contributed by atoms with Crippen LogP contribution < -0.4 is 0 Å². The summed E-state index contributed by atoms with van der Waals surface area (Å²) in [5.74, 6) is -0.588. The normalized spacial score (nSPS) is 21.4. The van der Waals surface area contributed by atoms with Crippen LogP contribution in [0.3, 0.4) is 0 Å². The van der Waals surface area contributed by atoms with Crippen LogP contribution in [0.25, 0.3) is 6.08 Å². The van der Waals surface area contributed by atoms with Gasteiger partial charge in [0.05, 0.1) is 18.2 Å². The molecule has 2 rings (SSSR count). The molecule has 1 unspecified atom stereocenters. The minimum absolute atomic E-state index is 0.213. The highest BCUT2D eigenvalue weighted by molar-refractivity contribution is 6.02. The first kappa shape index (κ1) is 17.7. The van der Waals surface area contributed by atoms with Crippen molar-refractivity contribution < 1.29 is 19.1 Å². The standard InChI is InChI=1S/C19H21NO4/c1-3-5-10-19(17(21)23-4-2)12-16(24-18(19)22)11-14-6-8-15(13-20)9-7-14/h6-9,11H,3-5,10,12H2,1-2H3/b16-11-. The summed E-state index contributed by atoms with van der Waals surface area (Å²) < 4.78 is 10.5. The number of ether oxygens (including phenoxy) is 2. The first-order valence-corrected chi connectivity index (χ1v) is 8.16. The fourth-order valence-electron chi connectivity index (χ4n) is 2.74. The van der Waals surface area contributed by atoms with E-state index in [2.05, 4.69) is 6.07 Å². The molecule has 0 saturated carbocycles. The van der Waals surface area contributed by atoms with Crippen LogP contribution in [0.5, 0.6) is 0 Å². The Morgan fingerprint density at radius 2 is 2.08 bits per heavy atom. The van der Waals surface area contributed by atoms with Crippen molar-refractivity contribution in [3.63, 3.8) is 0 Å². The lowest BCUT2D eigenvalue weighted by atomic mass is 9.80. The third kappa shape index (κ3) is 3.65. The number of esters is 2. The molecule has 1 heterocycles. The predicted molar refractivity (Wildman–Crippen MR) is 88.4 cm³/mol. The van der Waals surface area contributed by atoms with Crippen LogP contribution in [0, 0.1) is 16.7 Å². The fraction of sp³-hybridized carbons (Fsp3) is 0.421. The maximum absolute atomic E-state index is 12.4. The van der Waals surface area contributed by atoms with Crippen LogP contribution in [0.4, 0.5) is 0 Å². The van der Waals surface area contributed by atoms with Gasteiger partial charge in [-0.15, -0.1) is 0 Å². The summed E-state index contributed by atoms with van der Waals surface area (Å²) >= 11 is 0. The van der Waals surface area contributed by atoms with Gasteiger partial charge in [0, 0.05) is 6.42 Å². The van der Waals surface area contributed by atoms with E-state index in [1.54, 1.807) is 37.3 Å². The molecule has 0 N–H and O–H groups in total.